The number of hydrogen-bond acceptors (Lipinski definition) is 5. The van der Waals surface area contributed by atoms with Crippen LogP contribution in [0.3, 0.4) is 0 Å². The van der Waals surface area contributed by atoms with Crippen molar-refractivity contribution >= 4 is 5.95 Å². The fourth-order valence-electron chi connectivity index (χ4n) is 2.54. The van der Waals surface area contributed by atoms with Gasteiger partial charge in [-0.3, -0.25) is 0 Å². The Morgan fingerprint density at radius 3 is 2.75 bits per heavy atom. The third-order valence-electron chi connectivity index (χ3n) is 3.86. The molecular weight excluding hydrogens is 250 g/mol. The normalized spacial score (nSPS) is 20.7. The predicted octanol–water partition coefficient (Wildman–Crippen LogP) is 1.42. The minimum absolute atomic E-state index is 0.466. The molecule has 0 saturated carbocycles. The maximum atomic E-state index is 4.71. The van der Waals surface area contributed by atoms with Crippen molar-refractivity contribution in [1.29, 1.82) is 0 Å². The molecule has 0 aromatic carbocycles. The van der Waals surface area contributed by atoms with Crippen molar-refractivity contribution in [2.24, 2.45) is 0 Å². The molecule has 1 aromatic rings. The monoisotopic (exact) mass is 277 g/mol. The second-order valence-electron chi connectivity index (χ2n) is 6.12. The molecule has 1 unspecified atom stereocenters. The molecule has 2 rings (SSSR count). The molecule has 112 valence electrons. The van der Waals surface area contributed by atoms with Crippen LogP contribution >= 0.6 is 0 Å². The Hall–Kier alpha value is -1.20. The first-order valence-electron chi connectivity index (χ1n) is 7.48. The van der Waals surface area contributed by atoms with Crippen LogP contribution in [0.4, 0.5) is 5.95 Å². The molecule has 0 amide bonds. The fourth-order valence-corrected chi connectivity index (χ4v) is 2.54. The first-order chi connectivity index (χ1) is 9.47. The van der Waals surface area contributed by atoms with Crippen LogP contribution in [-0.2, 0) is 6.54 Å². The standard InChI is InChI=1S/C15H27N5/c1-11(2)16-8-14-9-17-15(18-13(14)4)20-7-6-19(5)10-12(20)3/h9,11-12,16H,6-8,10H2,1-5H3. The van der Waals surface area contributed by atoms with Gasteiger partial charge in [-0.15, -0.1) is 0 Å². The number of hydrogen-bond donors (Lipinski definition) is 1. The van der Waals surface area contributed by atoms with Crippen LogP contribution in [0.15, 0.2) is 6.20 Å². The highest BCUT2D eigenvalue weighted by atomic mass is 15.3. The molecule has 1 fully saturated rings. The summed E-state index contributed by atoms with van der Waals surface area (Å²) in [6.45, 7) is 12.6. The van der Waals surface area contributed by atoms with E-state index in [1.807, 2.05) is 6.20 Å². The molecule has 1 atom stereocenters. The zero-order chi connectivity index (χ0) is 14.7. The van der Waals surface area contributed by atoms with E-state index in [1.54, 1.807) is 0 Å². The molecule has 0 bridgehead atoms. The fraction of sp³-hybridized carbons (Fsp3) is 0.733. The Bertz CT molecular complexity index is 446. The van der Waals surface area contributed by atoms with E-state index in [1.165, 1.54) is 5.56 Å². The van der Waals surface area contributed by atoms with Gasteiger partial charge >= 0.3 is 0 Å². The first-order valence-corrected chi connectivity index (χ1v) is 7.48. The highest BCUT2D eigenvalue weighted by Crippen LogP contribution is 2.17. The number of rotatable bonds is 4. The van der Waals surface area contributed by atoms with Gasteiger partial charge in [0.15, 0.2) is 0 Å². The number of aromatic nitrogens is 2. The first kappa shape index (κ1) is 15.2. The summed E-state index contributed by atoms with van der Waals surface area (Å²) < 4.78 is 0. The number of likely N-dealkylation sites (N-methyl/N-ethyl adjacent to an activating group) is 1. The average Bonchev–Trinajstić information content (AvgIpc) is 2.37. The third kappa shape index (κ3) is 3.67. The van der Waals surface area contributed by atoms with Crippen LogP contribution in [0.1, 0.15) is 32.0 Å². The summed E-state index contributed by atoms with van der Waals surface area (Å²) >= 11 is 0. The van der Waals surface area contributed by atoms with Gasteiger partial charge in [-0.05, 0) is 20.9 Å². The zero-order valence-corrected chi connectivity index (χ0v) is 13.3. The summed E-state index contributed by atoms with van der Waals surface area (Å²) in [5, 5.41) is 3.42. The van der Waals surface area contributed by atoms with Crippen LogP contribution in [-0.4, -0.2) is 53.6 Å². The summed E-state index contributed by atoms with van der Waals surface area (Å²) in [7, 11) is 2.17. The summed E-state index contributed by atoms with van der Waals surface area (Å²) in [5.74, 6) is 0.872. The molecule has 0 radical (unpaired) electrons. The van der Waals surface area contributed by atoms with Crippen LogP contribution in [0.5, 0.6) is 0 Å². The van der Waals surface area contributed by atoms with E-state index in [-0.39, 0.29) is 0 Å². The lowest BCUT2D eigenvalue weighted by Crippen LogP contribution is -2.51. The number of nitrogens with zero attached hydrogens (tertiary/aromatic N) is 4. The van der Waals surface area contributed by atoms with Gasteiger partial charge in [0, 0.05) is 55.7 Å². The van der Waals surface area contributed by atoms with Crippen molar-refractivity contribution in [1.82, 2.24) is 20.2 Å². The molecule has 5 nitrogen and oxygen atoms in total. The predicted molar refractivity (Wildman–Crippen MR) is 83.0 cm³/mol. The third-order valence-corrected chi connectivity index (χ3v) is 3.86. The number of anilines is 1. The molecule has 1 aliphatic heterocycles. The van der Waals surface area contributed by atoms with Gasteiger partial charge in [-0.1, -0.05) is 13.8 Å². The van der Waals surface area contributed by atoms with E-state index >= 15 is 0 Å². The number of piperazine rings is 1. The second-order valence-corrected chi connectivity index (χ2v) is 6.12. The highest BCUT2D eigenvalue weighted by Gasteiger charge is 2.23. The van der Waals surface area contributed by atoms with Crippen LogP contribution < -0.4 is 10.2 Å². The average molecular weight is 277 g/mol. The molecule has 20 heavy (non-hydrogen) atoms. The molecule has 1 saturated heterocycles. The molecule has 5 heteroatoms. The lowest BCUT2D eigenvalue weighted by Gasteiger charge is -2.38. The molecule has 1 aromatic heterocycles. The highest BCUT2D eigenvalue weighted by molar-refractivity contribution is 5.35. The van der Waals surface area contributed by atoms with Gasteiger partial charge in [0.25, 0.3) is 0 Å². The molecule has 1 N–H and O–H groups in total. The van der Waals surface area contributed by atoms with Gasteiger partial charge < -0.3 is 15.1 Å². The zero-order valence-electron chi connectivity index (χ0n) is 13.3. The molecule has 0 spiro atoms. The van der Waals surface area contributed by atoms with E-state index in [0.29, 0.717) is 12.1 Å². The van der Waals surface area contributed by atoms with Gasteiger partial charge in [0.05, 0.1) is 0 Å². The van der Waals surface area contributed by atoms with Crippen molar-refractivity contribution in [3.63, 3.8) is 0 Å². The maximum Gasteiger partial charge on any atom is 0.225 e. The van der Waals surface area contributed by atoms with Crippen LogP contribution in [0.2, 0.25) is 0 Å². The smallest absolute Gasteiger partial charge is 0.225 e. The molecule has 1 aliphatic rings. The van der Waals surface area contributed by atoms with Crippen molar-refractivity contribution in [2.75, 3.05) is 31.6 Å². The Morgan fingerprint density at radius 2 is 2.15 bits per heavy atom. The molecular formula is C15H27N5. The molecule has 2 heterocycles. The van der Waals surface area contributed by atoms with Crippen LogP contribution in [0.25, 0.3) is 0 Å². The second kappa shape index (κ2) is 6.50. The largest absolute Gasteiger partial charge is 0.336 e. The topological polar surface area (TPSA) is 44.3 Å². The van der Waals surface area contributed by atoms with Crippen molar-refractivity contribution < 1.29 is 0 Å². The number of nitrogens with one attached hydrogen (secondary N) is 1. The van der Waals surface area contributed by atoms with E-state index in [0.717, 1.165) is 37.8 Å². The minimum Gasteiger partial charge on any atom is -0.336 e. The minimum atomic E-state index is 0.466. The van der Waals surface area contributed by atoms with Gasteiger partial charge in [0.2, 0.25) is 5.95 Å². The van der Waals surface area contributed by atoms with Crippen molar-refractivity contribution in [3.8, 4) is 0 Å². The Kier molecular flexibility index (Phi) is 4.94. The summed E-state index contributed by atoms with van der Waals surface area (Å²) in [6.07, 6.45) is 1.97. The van der Waals surface area contributed by atoms with Crippen molar-refractivity contribution in [3.05, 3.63) is 17.5 Å². The molecule has 0 aliphatic carbocycles. The summed E-state index contributed by atoms with van der Waals surface area (Å²) in [4.78, 5) is 13.9. The Balaban J connectivity index is 2.08. The lowest BCUT2D eigenvalue weighted by molar-refractivity contribution is 0.273. The van der Waals surface area contributed by atoms with Gasteiger partial charge in [-0.2, -0.15) is 0 Å². The van der Waals surface area contributed by atoms with Crippen LogP contribution in [0, 0.1) is 6.92 Å². The quantitative estimate of drug-likeness (QED) is 0.902. The lowest BCUT2D eigenvalue weighted by atomic mass is 10.2. The Labute approximate surface area is 122 Å². The maximum absolute atomic E-state index is 4.71. The SMILES string of the molecule is Cc1nc(N2CCN(C)CC2C)ncc1CNC(C)C. The van der Waals surface area contributed by atoms with Gasteiger partial charge in [0.1, 0.15) is 0 Å². The van der Waals surface area contributed by atoms with Crippen molar-refractivity contribution in [2.45, 2.75) is 46.3 Å². The van der Waals surface area contributed by atoms with E-state index in [2.05, 4.69) is 54.8 Å². The van der Waals surface area contributed by atoms with E-state index in [4.69, 9.17) is 4.98 Å². The van der Waals surface area contributed by atoms with E-state index in [9.17, 15) is 0 Å². The summed E-state index contributed by atoms with van der Waals surface area (Å²) in [6, 6.07) is 0.944. The number of aryl methyl sites for hydroxylation is 1. The summed E-state index contributed by atoms with van der Waals surface area (Å²) in [5.41, 5.74) is 2.26. The van der Waals surface area contributed by atoms with Gasteiger partial charge in [-0.25, -0.2) is 9.97 Å². The van der Waals surface area contributed by atoms with E-state index < -0.39 is 0 Å². The Morgan fingerprint density at radius 1 is 1.40 bits per heavy atom.